The predicted octanol–water partition coefficient (Wildman–Crippen LogP) is 3.93. The van der Waals surface area contributed by atoms with Gasteiger partial charge in [0, 0.05) is 17.5 Å². The van der Waals surface area contributed by atoms with E-state index in [1.807, 2.05) is 7.05 Å². The van der Waals surface area contributed by atoms with Crippen LogP contribution in [0.25, 0.3) is 0 Å². The Kier molecular flexibility index (Phi) is 4.37. The highest BCUT2D eigenvalue weighted by atomic mass is 32.2. The molecule has 0 bridgehead atoms. The molecule has 0 aliphatic rings. The first-order valence-corrected chi connectivity index (χ1v) is 6.89. The Balaban J connectivity index is 2.36. The summed E-state index contributed by atoms with van der Waals surface area (Å²) < 4.78 is 12.9. The molecule has 0 radical (unpaired) electrons. The molecule has 0 unspecified atom stereocenters. The van der Waals surface area contributed by atoms with Crippen molar-refractivity contribution in [2.45, 2.75) is 29.7 Å². The maximum absolute atomic E-state index is 12.9. The van der Waals surface area contributed by atoms with Crippen LogP contribution in [0.5, 0.6) is 0 Å². The topological polar surface area (TPSA) is 37.8 Å². The van der Waals surface area contributed by atoms with Crippen LogP contribution in [-0.2, 0) is 0 Å². The van der Waals surface area contributed by atoms with E-state index in [0.29, 0.717) is 5.92 Å². The molecule has 2 aromatic rings. The van der Waals surface area contributed by atoms with Gasteiger partial charge >= 0.3 is 0 Å². The van der Waals surface area contributed by atoms with Gasteiger partial charge in [-0.05, 0) is 30.2 Å². The Hall–Kier alpha value is -1.62. The van der Waals surface area contributed by atoms with Gasteiger partial charge in [0.15, 0.2) is 0 Å². The molecule has 100 valence electrons. The lowest BCUT2D eigenvalue weighted by Gasteiger charge is -2.14. The summed E-state index contributed by atoms with van der Waals surface area (Å²) in [5, 5.41) is 3.99. The number of halogens is 1. The Bertz CT molecular complexity index is 555. The van der Waals surface area contributed by atoms with Crippen molar-refractivity contribution >= 4 is 17.6 Å². The number of hydrogen-bond donors (Lipinski definition) is 1. The van der Waals surface area contributed by atoms with Crippen LogP contribution in [-0.4, -0.2) is 17.0 Å². The maximum atomic E-state index is 12.9. The molecule has 0 aliphatic heterocycles. The molecule has 2 rings (SSSR count). The Morgan fingerprint density at radius 2 is 1.84 bits per heavy atom. The lowest BCUT2D eigenvalue weighted by Crippen LogP contribution is -2.03. The van der Waals surface area contributed by atoms with E-state index in [0.717, 1.165) is 21.3 Å². The molecule has 0 amide bonds. The van der Waals surface area contributed by atoms with E-state index in [9.17, 15) is 4.39 Å². The first kappa shape index (κ1) is 13.8. The van der Waals surface area contributed by atoms with Gasteiger partial charge in [0.2, 0.25) is 0 Å². The highest BCUT2D eigenvalue weighted by Crippen LogP contribution is 2.35. The number of hydrogen-bond acceptors (Lipinski definition) is 4. The van der Waals surface area contributed by atoms with Gasteiger partial charge in [-0.3, -0.25) is 0 Å². The lowest BCUT2D eigenvalue weighted by atomic mass is 10.1. The Morgan fingerprint density at radius 1 is 1.16 bits per heavy atom. The molecule has 1 N–H and O–H groups in total. The number of aromatic nitrogens is 2. The van der Waals surface area contributed by atoms with Crippen molar-refractivity contribution in [1.82, 2.24) is 9.97 Å². The van der Waals surface area contributed by atoms with Crippen molar-refractivity contribution < 1.29 is 4.39 Å². The monoisotopic (exact) mass is 277 g/mol. The van der Waals surface area contributed by atoms with Crippen LogP contribution in [0.15, 0.2) is 40.5 Å². The maximum Gasteiger partial charge on any atom is 0.133 e. The van der Waals surface area contributed by atoms with E-state index < -0.39 is 0 Å². The molecule has 1 aromatic carbocycles. The number of rotatable bonds is 4. The first-order chi connectivity index (χ1) is 9.11. The molecule has 0 atom stereocenters. The summed E-state index contributed by atoms with van der Waals surface area (Å²) in [6, 6.07) is 6.42. The van der Waals surface area contributed by atoms with Gasteiger partial charge in [0.25, 0.3) is 0 Å². The summed E-state index contributed by atoms with van der Waals surface area (Å²) >= 11 is 1.52. The minimum absolute atomic E-state index is 0.230. The SMILES string of the molecule is CNc1ncnc(Sc2ccc(F)cc2)c1C(C)C. The first-order valence-electron chi connectivity index (χ1n) is 6.08. The van der Waals surface area contributed by atoms with Crippen LogP contribution in [0.4, 0.5) is 10.2 Å². The highest BCUT2D eigenvalue weighted by molar-refractivity contribution is 7.99. The second-order valence-corrected chi connectivity index (χ2v) is 5.46. The van der Waals surface area contributed by atoms with Crippen molar-refractivity contribution in [2.24, 2.45) is 0 Å². The van der Waals surface area contributed by atoms with E-state index >= 15 is 0 Å². The van der Waals surface area contributed by atoms with Crippen molar-refractivity contribution in [2.75, 3.05) is 12.4 Å². The molecule has 5 heteroatoms. The summed E-state index contributed by atoms with van der Waals surface area (Å²) in [6.45, 7) is 4.21. The molecular weight excluding hydrogens is 261 g/mol. The van der Waals surface area contributed by atoms with Gasteiger partial charge < -0.3 is 5.32 Å². The van der Waals surface area contributed by atoms with Gasteiger partial charge in [0.05, 0.1) is 0 Å². The quantitative estimate of drug-likeness (QED) is 0.859. The van der Waals surface area contributed by atoms with E-state index in [1.54, 1.807) is 18.5 Å². The van der Waals surface area contributed by atoms with Crippen LogP contribution in [0.2, 0.25) is 0 Å². The van der Waals surface area contributed by atoms with E-state index in [4.69, 9.17) is 0 Å². The molecular formula is C14H16FN3S. The average Bonchev–Trinajstić information content (AvgIpc) is 2.40. The third-order valence-electron chi connectivity index (χ3n) is 2.69. The minimum atomic E-state index is -0.230. The van der Waals surface area contributed by atoms with Crippen molar-refractivity contribution in [3.8, 4) is 0 Å². The number of nitrogens with zero attached hydrogens (tertiary/aromatic N) is 2. The largest absolute Gasteiger partial charge is 0.373 e. The van der Waals surface area contributed by atoms with Crippen molar-refractivity contribution in [3.05, 3.63) is 42.0 Å². The van der Waals surface area contributed by atoms with Crippen LogP contribution in [0.1, 0.15) is 25.3 Å². The van der Waals surface area contributed by atoms with E-state index in [-0.39, 0.29) is 5.82 Å². The molecule has 1 heterocycles. The van der Waals surface area contributed by atoms with E-state index in [2.05, 4.69) is 29.1 Å². The normalized spacial score (nSPS) is 10.8. The molecule has 1 aromatic heterocycles. The standard InChI is InChI=1S/C14H16FN3S/c1-9(2)12-13(16-3)17-8-18-14(12)19-11-6-4-10(15)5-7-11/h4-9H,1-3H3,(H,16,17,18). The zero-order valence-electron chi connectivity index (χ0n) is 11.1. The number of nitrogens with one attached hydrogen (secondary N) is 1. The van der Waals surface area contributed by atoms with Crippen LogP contribution in [0.3, 0.4) is 0 Å². The Morgan fingerprint density at radius 3 is 2.42 bits per heavy atom. The fraction of sp³-hybridized carbons (Fsp3) is 0.286. The van der Waals surface area contributed by atoms with Crippen molar-refractivity contribution in [3.63, 3.8) is 0 Å². The fourth-order valence-corrected chi connectivity index (χ4v) is 2.83. The molecule has 0 aliphatic carbocycles. The smallest absolute Gasteiger partial charge is 0.133 e. The summed E-state index contributed by atoms with van der Waals surface area (Å²) in [6.07, 6.45) is 1.55. The third-order valence-corrected chi connectivity index (χ3v) is 3.72. The van der Waals surface area contributed by atoms with Crippen molar-refractivity contribution in [1.29, 1.82) is 0 Å². The van der Waals surface area contributed by atoms with Crippen LogP contribution >= 0.6 is 11.8 Å². The van der Waals surface area contributed by atoms with Gasteiger partial charge in [-0.15, -0.1) is 0 Å². The molecule has 19 heavy (non-hydrogen) atoms. The lowest BCUT2D eigenvalue weighted by molar-refractivity contribution is 0.626. The van der Waals surface area contributed by atoms with Gasteiger partial charge in [0.1, 0.15) is 23.0 Å². The molecule has 0 saturated carbocycles. The summed E-state index contributed by atoms with van der Waals surface area (Å²) in [5.41, 5.74) is 1.08. The van der Waals surface area contributed by atoms with Crippen LogP contribution in [0, 0.1) is 5.82 Å². The minimum Gasteiger partial charge on any atom is -0.373 e. The third kappa shape index (κ3) is 3.23. The highest BCUT2D eigenvalue weighted by Gasteiger charge is 2.15. The summed E-state index contributed by atoms with van der Waals surface area (Å²) in [5.74, 6) is 0.924. The second-order valence-electron chi connectivity index (χ2n) is 4.40. The molecule has 0 spiro atoms. The Labute approximate surface area is 116 Å². The van der Waals surface area contributed by atoms with Gasteiger partial charge in [-0.25, -0.2) is 14.4 Å². The molecule has 0 saturated heterocycles. The zero-order chi connectivity index (χ0) is 13.8. The predicted molar refractivity (Wildman–Crippen MR) is 76.2 cm³/mol. The summed E-state index contributed by atoms with van der Waals surface area (Å²) in [4.78, 5) is 9.55. The molecule has 3 nitrogen and oxygen atoms in total. The molecule has 0 fully saturated rings. The van der Waals surface area contributed by atoms with Crippen LogP contribution < -0.4 is 5.32 Å². The second kappa shape index (κ2) is 6.02. The zero-order valence-corrected chi connectivity index (χ0v) is 12.0. The summed E-state index contributed by atoms with van der Waals surface area (Å²) in [7, 11) is 1.85. The fourth-order valence-electron chi connectivity index (χ4n) is 1.79. The number of anilines is 1. The van der Waals surface area contributed by atoms with Gasteiger partial charge in [-0.2, -0.15) is 0 Å². The number of benzene rings is 1. The van der Waals surface area contributed by atoms with Gasteiger partial charge in [-0.1, -0.05) is 25.6 Å². The van der Waals surface area contributed by atoms with E-state index in [1.165, 1.54) is 23.9 Å². The average molecular weight is 277 g/mol.